The zero-order chi connectivity index (χ0) is 24.1. The van der Waals surface area contributed by atoms with Crippen molar-refractivity contribution in [3.8, 4) is 0 Å². The Morgan fingerprint density at radius 2 is 1.48 bits per heavy atom. The number of nitrogens with one attached hydrogen (secondary N) is 1. The van der Waals surface area contributed by atoms with Gasteiger partial charge in [-0.05, 0) is 60.7 Å². The highest BCUT2D eigenvalue weighted by atomic mass is 35.5. The lowest BCUT2D eigenvalue weighted by Crippen LogP contribution is -2.45. The molecule has 0 spiro atoms. The molecule has 5 nitrogen and oxygen atoms in total. The van der Waals surface area contributed by atoms with Crippen molar-refractivity contribution in [2.24, 2.45) is 0 Å². The molecule has 3 aromatic rings. The van der Waals surface area contributed by atoms with E-state index in [1.807, 2.05) is 25.1 Å². The summed E-state index contributed by atoms with van der Waals surface area (Å²) in [6.45, 7) is 5.85. The van der Waals surface area contributed by atoms with Crippen molar-refractivity contribution < 1.29 is 13.2 Å². The van der Waals surface area contributed by atoms with Crippen LogP contribution in [0, 0.1) is 0 Å². The molecule has 0 fully saturated rings. The highest BCUT2D eigenvalue weighted by Crippen LogP contribution is 2.28. The van der Waals surface area contributed by atoms with Gasteiger partial charge in [0, 0.05) is 11.1 Å². The lowest BCUT2D eigenvalue weighted by Gasteiger charge is -2.30. The van der Waals surface area contributed by atoms with Crippen molar-refractivity contribution in [1.29, 1.82) is 0 Å². The first-order valence-electron chi connectivity index (χ1n) is 10.8. The second-order valence-electron chi connectivity index (χ2n) is 8.72. The highest BCUT2D eigenvalue weighted by Gasteiger charge is 2.29. The molecule has 33 heavy (non-hydrogen) atoms. The number of hydrogen-bond donors (Lipinski definition) is 1. The molecule has 0 aliphatic rings. The molecule has 0 bridgehead atoms. The van der Waals surface area contributed by atoms with Crippen molar-refractivity contribution in [2.45, 2.75) is 43.5 Å². The fourth-order valence-electron chi connectivity index (χ4n) is 3.92. The Labute approximate surface area is 201 Å². The maximum atomic E-state index is 13.4. The summed E-state index contributed by atoms with van der Waals surface area (Å²) in [6.07, 6.45) is 0.704. The van der Waals surface area contributed by atoms with Crippen LogP contribution in [0.1, 0.15) is 32.8 Å². The molecule has 3 rings (SSSR count). The van der Waals surface area contributed by atoms with Gasteiger partial charge in [-0.15, -0.1) is 0 Å². The third-order valence-electron chi connectivity index (χ3n) is 5.51. The van der Waals surface area contributed by atoms with E-state index in [0.717, 1.165) is 4.31 Å². The summed E-state index contributed by atoms with van der Waals surface area (Å²) >= 11 is 5.99. The van der Waals surface area contributed by atoms with Crippen LogP contribution >= 0.6 is 11.6 Å². The van der Waals surface area contributed by atoms with E-state index in [4.69, 9.17) is 11.6 Å². The van der Waals surface area contributed by atoms with Crippen molar-refractivity contribution in [2.75, 3.05) is 10.8 Å². The SMILES string of the molecule is CC(CC(C)(C)c1ccccc1)NC(=O)CN(c1ccc(Cl)cc1)S(=O)(=O)c1ccccc1. The van der Waals surface area contributed by atoms with Crippen LogP contribution in [0.15, 0.2) is 89.8 Å². The fraction of sp³-hybridized carbons (Fsp3) is 0.269. The molecule has 0 radical (unpaired) electrons. The van der Waals surface area contributed by atoms with Gasteiger partial charge in [0.2, 0.25) is 5.91 Å². The van der Waals surface area contributed by atoms with Gasteiger partial charge in [-0.3, -0.25) is 9.10 Å². The van der Waals surface area contributed by atoms with Crippen LogP contribution in [-0.2, 0) is 20.2 Å². The molecule has 0 saturated carbocycles. The summed E-state index contributed by atoms with van der Waals surface area (Å²) in [5.74, 6) is -0.374. The number of sulfonamides is 1. The monoisotopic (exact) mass is 484 g/mol. The Morgan fingerprint density at radius 1 is 0.939 bits per heavy atom. The van der Waals surface area contributed by atoms with Crippen molar-refractivity contribution in [3.63, 3.8) is 0 Å². The maximum Gasteiger partial charge on any atom is 0.264 e. The van der Waals surface area contributed by atoms with Crippen LogP contribution in [0.5, 0.6) is 0 Å². The smallest absolute Gasteiger partial charge is 0.264 e. The van der Waals surface area contributed by atoms with Gasteiger partial charge >= 0.3 is 0 Å². The first-order valence-corrected chi connectivity index (χ1v) is 12.6. The summed E-state index contributed by atoms with van der Waals surface area (Å²) in [4.78, 5) is 13.1. The third kappa shape index (κ3) is 6.36. The average molecular weight is 485 g/mol. The molecule has 0 aromatic heterocycles. The molecule has 0 heterocycles. The summed E-state index contributed by atoms with van der Waals surface area (Å²) in [7, 11) is -3.95. The molecule has 1 unspecified atom stereocenters. The third-order valence-corrected chi connectivity index (χ3v) is 7.55. The summed E-state index contributed by atoms with van der Waals surface area (Å²) in [6, 6.07) is 24.4. The zero-order valence-corrected chi connectivity index (χ0v) is 20.6. The number of hydrogen-bond acceptors (Lipinski definition) is 3. The van der Waals surface area contributed by atoms with Gasteiger partial charge in [-0.1, -0.05) is 74.0 Å². The molecule has 0 aliphatic carbocycles. The van der Waals surface area contributed by atoms with Gasteiger partial charge in [0.1, 0.15) is 6.54 Å². The predicted octanol–water partition coefficient (Wildman–Crippen LogP) is 5.41. The van der Waals surface area contributed by atoms with Gasteiger partial charge in [0.25, 0.3) is 10.0 Å². The summed E-state index contributed by atoms with van der Waals surface area (Å²) < 4.78 is 27.8. The van der Waals surface area contributed by atoms with E-state index in [0.29, 0.717) is 17.1 Å². The summed E-state index contributed by atoms with van der Waals surface area (Å²) in [5.41, 5.74) is 1.40. The number of carbonyl (C=O) groups is 1. The number of rotatable bonds is 9. The molecule has 3 aromatic carbocycles. The van der Waals surface area contributed by atoms with Gasteiger partial charge in [0.15, 0.2) is 0 Å². The molecule has 0 aliphatic heterocycles. The highest BCUT2D eigenvalue weighted by molar-refractivity contribution is 7.92. The van der Waals surface area contributed by atoms with Crippen LogP contribution in [0.4, 0.5) is 5.69 Å². The second-order valence-corrected chi connectivity index (χ2v) is 11.0. The first kappa shape index (κ1) is 24.8. The lowest BCUT2D eigenvalue weighted by atomic mass is 9.79. The summed E-state index contributed by atoms with van der Waals surface area (Å²) in [5, 5.41) is 3.45. The van der Waals surface area contributed by atoms with Gasteiger partial charge in [-0.2, -0.15) is 0 Å². The predicted molar refractivity (Wildman–Crippen MR) is 134 cm³/mol. The van der Waals surface area contributed by atoms with E-state index in [1.165, 1.54) is 17.7 Å². The van der Waals surface area contributed by atoms with E-state index >= 15 is 0 Å². The molecular weight excluding hydrogens is 456 g/mol. The van der Waals surface area contributed by atoms with E-state index in [1.54, 1.807) is 42.5 Å². The average Bonchev–Trinajstić information content (AvgIpc) is 2.79. The Balaban J connectivity index is 1.78. The Bertz CT molecular complexity index is 1170. The molecule has 7 heteroatoms. The van der Waals surface area contributed by atoms with Gasteiger partial charge < -0.3 is 5.32 Å². The minimum atomic E-state index is -3.95. The topological polar surface area (TPSA) is 66.5 Å². The van der Waals surface area contributed by atoms with Crippen molar-refractivity contribution in [3.05, 3.63) is 95.5 Å². The van der Waals surface area contributed by atoms with Crippen molar-refractivity contribution in [1.82, 2.24) is 5.32 Å². The molecule has 174 valence electrons. The maximum absolute atomic E-state index is 13.4. The number of nitrogens with zero attached hydrogens (tertiary/aromatic N) is 1. The lowest BCUT2D eigenvalue weighted by molar-refractivity contribution is -0.120. The van der Waals surface area contributed by atoms with Crippen LogP contribution in [0.3, 0.4) is 0 Å². The number of halogens is 1. The van der Waals surface area contributed by atoms with Crippen molar-refractivity contribution >= 4 is 33.2 Å². The number of anilines is 1. The fourth-order valence-corrected chi connectivity index (χ4v) is 5.48. The van der Waals surface area contributed by atoms with Gasteiger partial charge in [-0.25, -0.2) is 8.42 Å². The Kier molecular flexibility index (Phi) is 7.82. The van der Waals surface area contributed by atoms with E-state index in [2.05, 4.69) is 31.3 Å². The molecule has 1 N–H and O–H groups in total. The van der Waals surface area contributed by atoms with Crippen LogP contribution in [-0.4, -0.2) is 26.9 Å². The zero-order valence-electron chi connectivity index (χ0n) is 19.0. The standard InChI is InChI=1S/C26H29ClN2O3S/c1-20(18-26(2,3)21-10-6-4-7-11-21)28-25(30)19-29(23-16-14-22(27)15-17-23)33(31,32)24-12-8-5-9-13-24/h4-17,20H,18-19H2,1-3H3,(H,28,30). The Morgan fingerprint density at radius 3 is 2.06 bits per heavy atom. The first-order chi connectivity index (χ1) is 15.6. The minimum Gasteiger partial charge on any atom is -0.352 e. The van der Waals surface area contributed by atoms with Crippen LogP contribution < -0.4 is 9.62 Å². The number of carbonyl (C=O) groups excluding carboxylic acids is 1. The molecule has 1 atom stereocenters. The van der Waals surface area contributed by atoms with Crippen LogP contribution in [0.2, 0.25) is 5.02 Å². The largest absolute Gasteiger partial charge is 0.352 e. The molecule has 1 amide bonds. The minimum absolute atomic E-state index is 0.117. The second kappa shape index (κ2) is 10.4. The Hall–Kier alpha value is -2.83. The molecule has 0 saturated heterocycles. The number of amides is 1. The number of benzene rings is 3. The van der Waals surface area contributed by atoms with Gasteiger partial charge in [0.05, 0.1) is 10.6 Å². The quantitative estimate of drug-likeness (QED) is 0.441. The van der Waals surface area contributed by atoms with Crippen LogP contribution in [0.25, 0.3) is 0 Å². The molecular formula is C26H29ClN2O3S. The van der Waals surface area contributed by atoms with E-state index < -0.39 is 10.0 Å². The van der Waals surface area contributed by atoms with E-state index in [-0.39, 0.29) is 28.8 Å². The normalized spacial score (nSPS) is 12.7. The van der Waals surface area contributed by atoms with E-state index in [9.17, 15) is 13.2 Å².